The summed E-state index contributed by atoms with van der Waals surface area (Å²) in [6.45, 7) is 21.3. The Hall–Kier alpha value is -0.760. The highest BCUT2D eigenvalue weighted by Gasteiger charge is 2.53. The highest BCUT2D eigenvalue weighted by molar-refractivity contribution is 7.55. The first-order chi connectivity index (χ1) is 14.7. The average molecular weight is 442 g/mol. The maximum atomic E-state index is 5.68. The second-order valence-corrected chi connectivity index (χ2v) is 13.4. The van der Waals surface area contributed by atoms with Crippen LogP contribution < -0.4 is 0 Å². The van der Waals surface area contributed by atoms with Gasteiger partial charge in [0.15, 0.2) is 0 Å². The van der Waals surface area contributed by atoms with Crippen LogP contribution >= 0.6 is 8.22 Å². The van der Waals surface area contributed by atoms with Gasteiger partial charge in [-0.25, -0.2) is 0 Å². The summed E-state index contributed by atoms with van der Waals surface area (Å²) < 4.78 is 5.68. The zero-order valence-corrected chi connectivity index (χ0v) is 22.0. The number of para-hydroxylation sites is 1. The van der Waals surface area contributed by atoms with Crippen molar-refractivity contribution in [3.63, 3.8) is 0 Å². The van der Waals surface area contributed by atoms with Crippen molar-refractivity contribution in [2.45, 2.75) is 104 Å². The van der Waals surface area contributed by atoms with Crippen LogP contribution in [0.2, 0.25) is 0 Å². The summed E-state index contributed by atoms with van der Waals surface area (Å²) in [4.78, 5) is 5.68. The molecule has 1 aromatic rings. The van der Waals surface area contributed by atoms with Crippen LogP contribution in [0.1, 0.15) is 97.6 Å². The fourth-order valence-electron chi connectivity index (χ4n) is 6.16. The van der Waals surface area contributed by atoms with Crippen LogP contribution in [0.25, 0.3) is 0 Å². The molecule has 172 valence electrons. The van der Waals surface area contributed by atoms with E-state index >= 15 is 0 Å². The van der Waals surface area contributed by atoms with Gasteiger partial charge in [0.25, 0.3) is 0 Å². The standard InChI is InChI=1S/C27H44N3P/c1-17(2)23-10-9-11-24(18(3)4)26(23)28-25-21-12-13-22(16-21)27(25)31-29(19(5)6)14-15-30(31)20(7)8/h9-11,17-22,27H,12-16H2,1-8H3. The zero-order valence-electron chi connectivity index (χ0n) is 21.1. The molecule has 0 amide bonds. The number of hydrogen-bond donors (Lipinski definition) is 0. The molecule has 3 atom stereocenters. The van der Waals surface area contributed by atoms with Gasteiger partial charge in [-0.05, 0) is 81.8 Å². The molecule has 0 N–H and O–H groups in total. The van der Waals surface area contributed by atoms with Gasteiger partial charge >= 0.3 is 0 Å². The summed E-state index contributed by atoms with van der Waals surface area (Å²) in [5, 5.41) is 0. The Morgan fingerprint density at radius 3 is 1.87 bits per heavy atom. The molecule has 3 nitrogen and oxygen atoms in total. The summed E-state index contributed by atoms with van der Waals surface area (Å²) in [6.07, 6.45) is 4.14. The van der Waals surface area contributed by atoms with E-state index < -0.39 is 0 Å². The number of hydrogen-bond acceptors (Lipinski definition) is 3. The highest BCUT2D eigenvalue weighted by Crippen LogP contribution is 2.64. The number of aliphatic imine (C=N–C) groups is 1. The molecule has 3 unspecified atom stereocenters. The third-order valence-corrected chi connectivity index (χ3v) is 11.3. The zero-order chi connectivity index (χ0) is 22.4. The molecule has 3 fully saturated rings. The van der Waals surface area contributed by atoms with Gasteiger partial charge in [0, 0.05) is 44.8 Å². The van der Waals surface area contributed by atoms with Crippen molar-refractivity contribution in [1.82, 2.24) is 9.34 Å². The minimum atomic E-state index is -0.316. The predicted octanol–water partition coefficient (Wildman–Crippen LogP) is 7.55. The van der Waals surface area contributed by atoms with Crippen molar-refractivity contribution in [3.05, 3.63) is 29.3 Å². The first-order valence-corrected chi connectivity index (χ1v) is 14.1. The Kier molecular flexibility index (Phi) is 6.97. The fourth-order valence-corrected chi connectivity index (χ4v) is 9.78. The van der Waals surface area contributed by atoms with Gasteiger partial charge in [0.1, 0.15) is 0 Å². The highest BCUT2D eigenvalue weighted by atomic mass is 31.1. The molecule has 4 rings (SSSR count). The summed E-state index contributed by atoms with van der Waals surface area (Å²) >= 11 is 0. The van der Waals surface area contributed by atoms with Crippen molar-refractivity contribution in [2.24, 2.45) is 16.8 Å². The SMILES string of the molecule is CC(C)c1cccc(C(C)C)c1N=C1C2CCC(C2)C1P1N(C(C)C)CCN1C(C)C. The van der Waals surface area contributed by atoms with Crippen LogP contribution in [0.4, 0.5) is 5.69 Å². The number of rotatable bonds is 6. The maximum Gasteiger partial charge on any atom is 0.0698 e. The summed E-state index contributed by atoms with van der Waals surface area (Å²) in [5.74, 6) is 2.56. The molecule has 0 aromatic heterocycles. The Bertz CT molecular complexity index is 770. The second-order valence-electron chi connectivity index (χ2n) is 11.2. The minimum absolute atomic E-state index is 0.316. The normalized spacial score (nSPS) is 29.2. The molecular weight excluding hydrogens is 397 g/mol. The molecule has 4 heteroatoms. The molecule has 0 radical (unpaired) electrons. The van der Waals surface area contributed by atoms with E-state index in [2.05, 4.69) is 82.9 Å². The molecule has 1 aliphatic heterocycles. The molecule has 0 spiro atoms. The van der Waals surface area contributed by atoms with E-state index in [1.807, 2.05) is 0 Å². The first-order valence-electron chi connectivity index (χ1n) is 12.7. The lowest BCUT2D eigenvalue weighted by molar-refractivity contribution is 0.390. The van der Waals surface area contributed by atoms with Gasteiger partial charge in [-0.15, -0.1) is 0 Å². The molecule has 1 heterocycles. The van der Waals surface area contributed by atoms with Gasteiger partial charge in [-0.3, -0.25) is 14.3 Å². The first kappa shape index (κ1) is 23.4. The summed E-state index contributed by atoms with van der Waals surface area (Å²) in [6, 6.07) is 8.11. The van der Waals surface area contributed by atoms with Gasteiger partial charge < -0.3 is 0 Å². The van der Waals surface area contributed by atoms with E-state index in [0.717, 1.165) is 5.92 Å². The van der Waals surface area contributed by atoms with E-state index in [1.54, 1.807) is 5.71 Å². The molecule has 3 aliphatic rings. The average Bonchev–Trinajstić information content (AvgIpc) is 3.41. The van der Waals surface area contributed by atoms with Crippen molar-refractivity contribution >= 4 is 19.6 Å². The third kappa shape index (κ3) is 4.28. The van der Waals surface area contributed by atoms with Crippen LogP contribution in [-0.2, 0) is 0 Å². The molecular formula is C27H44N3P. The van der Waals surface area contributed by atoms with E-state index in [0.29, 0.717) is 35.5 Å². The number of nitrogens with zero attached hydrogens (tertiary/aromatic N) is 3. The van der Waals surface area contributed by atoms with Crippen LogP contribution in [-0.4, -0.2) is 45.9 Å². The topological polar surface area (TPSA) is 18.8 Å². The van der Waals surface area contributed by atoms with Gasteiger partial charge in [0.2, 0.25) is 0 Å². The lowest BCUT2D eigenvalue weighted by Gasteiger charge is -2.42. The van der Waals surface area contributed by atoms with E-state index in [-0.39, 0.29) is 8.22 Å². The molecule has 1 saturated heterocycles. The van der Waals surface area contributed by atoms with Crippen LogP contribution in [0.5, 0.6) is 0 Å². The Labute approximate surface area is 192 Å². The molecule has 2 aliphatic carbocycles. The largest absolute Gasteiger partial charge is 0.266 e. The fraction of sp³-hybridized carbons (Fsp3) is 0.741. The Morgan fingerprint density at radius 2 is 1.39 bits per heavy atom. The van der Waals surface area contributed by atoms with Gasteiger partial charge in [0.05, 0.1) is 5.69 Å². The number of fused-ring (bicyclic) bond motifs is 2. The summed E-state index contributed by atoms with van der Waals surface area (Å²) in [7, 11) is -0.316. The quantitative estimate of drug-likeness (QED) is 0.424. The second kappa shape index (κ2) is 9.24. The number of benzene rings is 1. The van der Waals surface area contributed by atoms with Crippen molar-refractivity contribution < 1.29 is 0 Å². The molecule has 2 saturated carbocycles. The monoisotopic (exact) mass is 441 g/mol. The summed E-state index contributed by atoms with van der Waals surface area (Å²) in [5.41, 5.74) is 6.39. The lowest BCUT2D eigenvalue weighted by atomic mass is 9.92. The van der Waals surface area contributed by atoms with Crippen LogP contribution in [0, 0.1) is 11.8 Å². The Balaban J connectivity index is 1.82. The maximum absolute atomic E-state index is 5.68. The predicted molar refractivity (Wildman–Crippen MR) is 137 cm³/mol. The van der Waals surface area contributed by atoms with Crippen molar-refractivity contribution in [1.29, 1.82) is 0 Å². The van der Waals surface area contributed by atoms with Gasteiger partial charge in [-0.2, -0.15) is 0 Å². The lowest BCUT2D eigenvalue weighted by Crippen LogP contribution is -2.37. The third-order valence-electron chi connectivity index (χ3n) is 7.75. The Morgan fingerprint density at radius 1 is 0.839 bits per heavy atom. The van der Waals surface area contributed by atoms with E-state index in [1.165, 1.54) is 49.2 Å². The van der Waals surface area contributed by atoms with Crippen LogP contribution in [0.3, 0.4) is 0 Å². The molecule has 2 bridgehead atoms. The molecule has 1 aromatic carbocycles. The van der Waals surface area contributed by atoms with E-state index in [4.69, 9.17) is 4.99 Å². The smallest absolute Gasteiger partial charge is 0.0698 e. The molecule has 31 heavy (non-hydrogen) atoms. The van der Waals surface area contributed by atoms with Crippen LogP contribution in [0.15, 0.2) is 23.2 Å². The van der Waals surface area contributed by atoms with Crippen molar-refractivity contribution in [3.8, 4) is 0 Å². The van der Waals surface area contributed by atoms with E-state index in [9.17, 15) is 0 Å². The van der Waals surface area contributed by atoms with Gasteiger partial charge in [-0.1, -0.05) is 45.9 Å². The minimum Gasteiger partial charge on any atom is -0.266 e. The van der Waals surface area contributed by atoms with Crippen molar-refractivity contribution in [2.75, 3.05) is 13.1 Å².